The van der Waals surface area contributed by atoms with Crippen LogP contribution < -0.4 is 5.32 Å². The summed E-state index contributed by atoms with van der Waals surface area (Å²) < 4.78 is 39.8. The number of aryl methyl sites for hydroxylation is 1. The van der Waals surface area contributed by atoms with E-state index in [-0.39, 0.29) is 36.2 Å². The number of carbonyl (C=O) groups is 1. The summed E-state index contributed by atoms with van der Waals surface area (Å²) >= 11 is 0. The van der Waals surface area contributed by atoms with Gasteiger partial charge in [-0.25, -0.2) is 4.79 Å². The Morgan fingerprint density at radius 2 is 1.79 bits per heavy atom. The summed E-state index contributed by atoms with van der Waals surface area (Å²) in [5.74, 6) is -0.333. The van der Waals surface area contributed by atoms with Gasteiger partial charge in [0.05, 0.1) is 24.8 Å². The Balaban J connectivity index is 1.57. The Bertz CT molecular complexity index is 751. The number of ether oxygens (including phenoxy) is 2. The molecule has 0 bridgehead atoms. The molecule has 0 heterocycles. The number of nitrogens with one attached hydrogen (secondary N) is 1. The highest BCUT2D eigenvalue weighted by atomic mass is 32.2. The van der Waals surface area contributed by atoms with Gasteiger partial charge in [0.25, 0.3) is 10.1 Å². The molecule has 28 heavy (non-hydrogen) atoms. The van der Waals surface area contributed by atoms with E-state index in [0.29, 0.717) is 12.3 Å². The standard InChI is InChI=1S/C20H29NO6S/c1-15(2)20(22)27-18-8-6-17(7-9-18)21-14-25-12-13-26-28(23,24)19-10-4-16(3)5-11-19/h4-5,10-11,17-18,21H,1,6-9,12-14H2,2-3H3. The summed E-state index contributed by atoms with van der Waals surface area (Å²) in [6.07, 6.45) is 3.32. The first kappa shape index (κ1) is 22.5. The predicted octanol–water partition coefficient (Wildman–Crippen LogP) is 2.69. The molecule has 0 spiro atoms. The highest BCUT2D eigenvalue weighted by Gasteiger charge is 2.23. The lowest BCUT2D eigenvalue weighted by Crippen LogP contribution is -2.37. The molecule has 1 saturated carbocycles. The van der Waals surface area contributed by atoms with E-state index in [0.717, 1.165) is 31.2 Å². The Labute approximate surface area is 167 Å². The van der Waals surface area contributed by atoms with E-state index in [1.165, 1.54) is 12.1 Å². The van der Waals surface area contributed by atoms with Gasteiger partial charge in [-0.1, -0.05) is 24.3 Å². The third kappa shape index (κ3) is 7.35. The second-order valence-corrected chi connectivity index (χ2v) is 8.62. The van der Waals surface area contributed by atoms with Crippen molar-refractivity contribution in [2.24, 2.45) is 0 Å². The Morgan fingerprint density at radius 1 is 1.14 bits per heavy atom. The lowest BCUT2D eigenvalue weighted by molar-refractivity contribution is -0.145. The molecule has 1 aromatic carbocycles. The molecule has 2 rings (SSSR count). The second-order valence-electron chi connectivity index (χ2n) is 7.01. The number of benzene rings is 1. The predicted molar refractivity (Wildman–Crippen MR) is 105 cm³/mol. The van der Waals surface area contributed by atoms with E-state index >= 15 is 0 Å². The van der Waals surface area contributed by atoms with Crippen molar-refractivity contribution >= 4 is 16.1 Å². The molecular formula is C20H29NO6S. The fourth-order valence-electron chi connectivity index (χ4n) is 2.86. The zero-order valence-corrected chi connectivity index (χ0v) is 17.3. The maximum absolute atomic E-state index is 12.0. The van der Waals surface area contributed by atoms with E-state index in [1.54, 1.807) is 19.1 Å². The molecule has 0 aromatic heterocycles. The van der Waals surface area contributed by atoms with E-state index < -0.39 is 10.1 Å². The van der Waals surface area contributed by atoms with Crippen LogP contribution in [0.4, 0.5) is 0 Å². The van der Waals surface area contributed by atoms with Crippen LogP contribution in [0.2, 0.25) is 0 Å². The van der Waals surface area contributed by atoms with Crippen LogP contribution in [0.15, 0.2) is 41.3 Å². The maximum Gasteiger partial charge on any atom is 0.333 e. The van der Waals surface area contributed by atoms with Gasteiger partial charge in [-0.15, -0.1) is 0 Å². The van der Waals surface area contributed by atoms with Gasteiger partial charge in [0.2, 0.25) is 0 Å². The third-order valence-corrected chi connectivity index (χ3v) is 5.87. The van der Waals surface area contributed by atoms with E-state index in [9.17, 15) is 13.2 Å². The first-order chi connectivity index (χ1) is 13.3. The first-order valence-corrected chi connectivity index (χ1v) is 10.8. The fourth-order valence-corrected chi connectivity index (χ4v) is 3.75. The zero-order valence-electron chi connectivity index (χ0n) is 16.5. The number of esters is 1. The van der Waals surface area contributed by atoms with Crippen LogP contribution in [0.5, 0.6) is 0 Å². The quantitative estimate of drug-likeness (QED) is 0.208. The number of hydrogen-bond acceptors (Lipinski definition) is 7. The van der Waals surface area contributed by atoms with Crippen molar-refractivity contribution in [1.29, 1.82) is 0 Å². The molecule has 0 aliphatic heterocycles. The monoisotopic (exact) mass is 411 g/mol. The molecule has 156 valence electrons. The molecule has 0 radical (unpaired) electrons. The number of carbonyl (C=O) groups excluding carboxylic acids is 1. The highest BCUT2D eigenvalue weighted by Crippen LogP contribution is 2.22. The van der Waals surface area contributed by atoms with Crippen molar-refractivity contribution in [3.8, 4) is 0 Å². The van der Waals surface area contributed by atoms with Gasteiger partial charge in [-0.2, -0.15) is 8.42 Å². The third-order valence-electron chi connectivity index (χ3n) is 4.55. The van der Waals surface area contributed by atoms with Crippen LogP contribution in [-0.2, 0) is 28.6 Å². The Morgan fingerprint density at radius 3 is 2.39 bits per heavy atom. The molecule has 7 nitrogen and oxygen atoms in total. The lowest BCUT2D eigenvalue weighted by atomic mass is 9.93. The molecule has 1 N–H and O–H groups in total. The number of hydrogen-bond donors (Lipinski definition) is 1. The summed E-state index contributed by atoms with van der Waals surface area (Å²) in [5, 5.41) is 3.27. The average molecular weight is 412 g/mol. The average Bonchev–Trinajstić information content (AvgIpc) is 2.66. The molecule has 1 aliphatic rings. The van der Waals surface area contributed by atoms with E-state index in [1.807, 2.05) is 6.92 Å². The van der Waals surface area contributed by atoms with Crippen LogP contribution in [-0.4, -0.2) is 46.5 Å². The fraction of sp³-hybridized carbons (Fsp3) is 0.550. The molecule has 0 amide bonds. The Kier molecular flexibility index (Phi) is 8.62. The van der Waals surface area contributed by atoms with E-state index in [2.05, 4.69) is 11.9 Å². The van der Waals surface area contributed by atoms with Crippen molar-refractivity contribution < 1.29 is 26.9 Å². The van der Waals surface area contributed by atoms with Crippen LogP contribution in [0, 0.1) is 6.92 Å². The maximum atomic E-state index is 12.0. The van der Waals surface area contributed by atoms with Crippen molar-refractivity contribution in [3.05, 3.63) is 42.0 Å². The van der Waals surface area contributed by atoms with Crippen molar-refractivity contribution in [3.63, 3.8) is 0 Å². The summed E-state index contributed by atoms with van der Waals surface area (Å²) in [4.78, 5) is 11.7. The topological polar surface area (TPSA) is 90.9 Å². The van der Waals surface area contributed by atoms with Crippen molar-refractivity contribution in [2.45, 2.75) is 56.6 Å². The minimum absolute atomic E-state index is 0.0402. The summed E-state index contributed by atoms with van der Waals surface area (Å²) in [6.45, 7) is 7.56. The van der Waals surface area contributed by atoms with Gasteiger partial charge in [0.15, 0.2) is 0 Å². The van der Waals surface area contributed by atoms with Crippen LogP contribution in [0.3, 0.4) is 0 Å². The largest absolute Gasteiger partial charge is 0.459 e. The van der Waals surface area contributed by atoms with Gasteiger partial charge in [0, 0.05) is 11.6 Å². The SMILES string of the molecule is C=C(C)C(=O)OC1CCC(NCOCCOS(=O)(=O)c2ccc(C)cc2)CC1. The molecule has 8 heteroatoms. The second kappa shape index (κ2) is 10.7. The lowest BCUT2D eigenvalue weighted by Gasteiger charge is -2.29. The van der Waals surface area contributed by atoms with Crippen LogP contribution in [0.25, 0.3) is 0 Å². The summed E-state index contributed by atoms with van der Waals surface area (Å²) in [5.41, 5.74) is 1.40. The molecule has 1 fully saturated rings. The van der Waals surface area contributed by atoms with Crippen molar-refractivity contribution in [1.82, 2.24) is 5.32 Å². The molecule has 1 aliphatic carbocycles. The first-order valence-electron chi connectivity index (χ1n) is 9.41. The zero-order chi connectivity index (χ0) is 20.6. The minimum atomic E-state index is -3.76. The molecular weight excluding hydrogens is 382 g/mol. The minimum Gasteiger partial charge on any atom is -0.459 e. The van der Waals surface area contributed by atoms with Gasteiger partial charge < -0.3 is 9.47 Å². The van der Waals surface area contributed by atoms with Gasteiger partial charge >= 0.3 is 5.97 Å². The van der Waals surface area contributed by atoms with E-state index in [4.69, 9.17) is 13.7 Å². The molecule has 0 unspecified atom stereocenters. The molecule has 1 aromatic rings. The smallest absolute Gasteiger partial charge is 0.333 e. The van der Waals surface area contributed by atoms with Gasteiger partial charge in [0.1, 0.15) is 6.10 Å². The Hall–Kier alpha value is -1.74. The summed E-state index contributed by atoms with van der Waals surface area (Å²) in [7, 11) is -3.76. The van der Waals surface area contributed by atoms with Gasteiger partial charge in [-0.3, -0.25) is 9.50 Å². The van der Waals surface area contributed by atoms with Crippen LogP contribution in [0.1, 0.15) is 38.2 Å². The van der Waals surface area contributed by atoms with Gasteiger partial charge in [-0.05, 0) is 51.7 Å². The highest BCUT2D eigenvalue weighted by molar-refractivity contribution is 7.86. The van der Waals surface area contributed by atoms with Crippen LogP contribution >= 0.6 is 0 Å². The summed E-state index contributed by atoms with van der Waals surface area (Å²) in [6, 6.07) is 6.79. The number of rotatable bonds is 10. The molecule has 0 saturated heterocycles. The normalized spacial score (nSPS) is 19.9. The molecule has 0 atom stereocenters. The van der Waals surface area contributed by atoms with Crippen molar-refractivity contribution in [2.75, 3.05) is 19.9 Å².